The number of nitrogens with zero attached hydrogens (tertiary/aromatic N) is 3. The van der Waals surface area contributed by atoms with E-state index in [0.29, 0.717) is 12.4 Å². The van der Waals surface area contributed by atoms with E-state index in [-0.39, 0.29) is 0 Å². The van der Waals surface area contributed by atoms with Gasteiger partial charge < -0.3 is 5.73 Å². The number of thiazole rings is 1. The van der Waals surface area contributed by atoms with E-state index >= 15 is 0 Å². The van der Waals surface area contributed by atoms with E-state index in [1.54, 1.807) is 11.3 Å². The van der Waals surface area contributed by atoms with Crippen LogP contribution in [0.1, 0.15) is 5.01 Å². The lowest BCUT2D eigenvalue weighted by molar-refractivity contribution is 0.952. The van der Waals surface area contributed by atoms with Crippen molar-refractivity contribution in [3.8, 4) is 11.5 Å². The van der Waals surface area contributed by atoms with Gasteiger partial charge in [-0.25, -0.2) is 9.97 Å². The predicted octanol–water partition coefficient (Wildman–Crippen LogP) is 0.429. The first-order valence-corrected chi connectivity index (χ1v) is 4.78. The zero-order chi connectivity index (χ0) is 9.10. The minimum atomic E-state index is 0.628. The Hall–Kier alpha value is -1.27. The fourth-order valence-electron chi connectivity index (χ4n) is 0.987. The highest BCUT2D eigenvalue weighted by Gasteiger charge is 2.05. The third-order valence-electron chi connectivity index (χ3n) is 1.57. The van der Waals surface area contributed by atoms with E-state index in [2.05, 4.69) is 20.2 Å². The molecule has 0 aromatic carbocycles. The van der Waals surface area contributed by atoms with Crippen molar-refractivity contribution in [1.82, 2.24) is 20.2 Å². The Morgan fingerprint density at radius 3 is 3.15 bits per heavy atom. The van der Waals surface area contributed by atoms with E-state index in [0.717, 1.165) is 17.1 Å². The predicted molar refractivity (Wildman–Crippen MR) is 50.2 cm³/mol. The molecule has 0 aliphatic carbocycles. The highest BCUT2D eigenvalue weighted by Crippen LogP contribution is 2.17. The molecule has 0 amide bonds. The number of nitrogens with two attached hydrogens (primary N) is 1. The molecule has 6 heteroatoms. The molecular weight excluding hydrogens is 186 g/mol. The van der Waals surface area contributed by atoms with Gasteiger partial charge in [-0.2, -0.15) is 5.10 Å². The summed E-state index contributed by atoms with van der Waals surface area (Å²) in [6.45, 7) is 0.628. The minimum Gasteiger partial charge on any atom is -0.330 e. The first kappa shape index (κ1) is 8.33. The maximum atomic E-state index is 5.42. The van der Waals surface area contributed by atoms with Crippen molar-refractivity contribution < 1.29 is 0 Å². The Balaban J connectivity index is 2.23. The van der Waals surface area contributed by atoms with Crippen LogP contribution >= 0.6 is 11.3 Å². The molecule has 2 rings (SSSR count). The van der Waals surface area contributed by atoms with Gasteiger partial charge in [0, 0.05) is 11.8 Å². The molecule has 0 fully saturated rings. The lowest BCUT2D eigenvalue weighted by atomic mass is 10.4. The van der Waals surface area contributed by atoms with Crippen molar-refractivity contribution in [2.45, 2.75) is 6.42 Å². The lowest BCUT2D eigenvalue weighted by Gasteiger charge is -1.88. The van der Waals surface area contributed by atoms with Gasteiger partial charge in [0.1, 0.15) is 12.0 Å². The fourth-order valence-corrected chi connectivity index (χ4v) is 1.79. The molecular formula is C7H9N5S. The third kappa shape index (κ3) is 1.73. The largest absolute Gasteiger partial charge is 0.330 e. The normalized spacial score (nSPS) is 10.5. The van der Waals surface area contributed by atoms with Crippen LogP contribution in [0.15, 0.2) is 11.7 Å². The van der Waals surface area contributed by atoms with Crippen molar-refractivity contribution in [2.24, 2.45) is 5.73 Å². The van der Waals surface area contributed by atoms with Gasteiger partial charge in [-0.1, -0.05) is 0 Å². The number of aromatic nitrogens is 4. The fraction of sp³-hybridized carbons (Fsp3) is 0.286. The Morgan fingerprint density at radius 2 is 2.46 bits per heavy atom. The van der Waals surface area contributed by atoms with Crippen LogP contribution in [-0.2, 0) is 6.42 Å². The molecule has 0 saturated heterocycles. The van der Waals surface area contributed by atoms with E-state index in [1.807, 2.05) is 5.38 Å². The monoisotopic (exact) mass is 195 g/mol. The molecule has 0 unspecified atom stereocenters. The SMILES string of the molecule is NCCc1nc(-c2ncn[nH]2)cs1. The number of hydrogen-bond donors (Lipinski definition) is 2. The van der Waals surface area contributed by atoms with Gasteiger partial charge in [0.15, 0.2) is 5.82 Å². The summed E-state index contributed by atoms with van der Waals surface area (Å²) < 4.78 is 0. The van der Waals surface area contributed by atoms with Crippen LogP contribution in [0.25, 0.3) is 11.5 Å². The molecule has 2 aromatic heterocycles. The molecule has 5 nitrogen and oxygen atoms in total. The molecule has 68 valence electrons. The summed E-state index contributed by atoms with van der Waals surface area (Å²) in [4.78, 5) is 8.35. The van der Waals surface area contributed by atoms with Crippen LogP contribution in [0.3, 0.4) is 0 Å². The zero-order valence-corrected chi connectivity index (χ0v) is 7.71. The summed E-state index contributed by atoms with van der Waals surface area (Å²) >= 11 is 1.59. The van der Waals surface area contributed by atoms with Gasteiger partial charge in [-0.05, 0) is 6.54 Å². The second-order valence-corrected chi connectivity index (χ2v) is 3.44. The molecule has 0 saturated carbocycles. The third-order valence-corrected chi connectivity index (χ3v) is 2.48. The molecule has 0 aliphatic heterocycles. The summed E-state index contributed by atoms with van der Waals surface area (Å²) in [7, 11) is 0. The summed E-state index contributed by atoms with van der Waals surface area (Å²) in [5.74, 6) is 0.708. The number of hydrogen-bond acceptors (Lipinski definition) is 5. The summed E-state index contributed by atoms with van der Waals surface area (Å²) in [5.41, 5.74) is 6.26. The van der Waals surface area contributed by atoms with Crippen LogP contribution in [-0.4, -0.2) is 26.7 Å². The first-order valence-electron chi connectivity index (χ1n) is 3.90. The van der Waals surface area contributed by atoms with Crippen LogP contribution in [0.4, 0.5) is 0 Å². The van der Waals surface area contributed by atoms with E-state index < -0.39 is 0 Å². The average molecular weight is 195 g/mol. The van der Waals surface area contributed by atoms with Crippen LogP contribution in [0.2, 0.25) is 0 Å². The highest BCUT2D eigenvalue weighted by molar-refractivity contribution is 7.09. The lowest BCUT2D eigenvalue weighted by Crippen LogP contribution is -2.02. The molecule has 0 bridgehead atoms. The van der Waals surface area contributed by atoms with Crippen molar-refractivity contribution in [3.05, 3.63) is 16.7 Å². The molecule has 13 heavy (non-hydrogen) atoms. The van der Waals surface area contributed by atoms with Gasteiger partial charge in [0.25, 0.3) is 0 Å². The first-order chi connectivity index (χ1) is 6.40. The molecule has 2 heterocycles. The summed E-state index contributed by atoms with van der Waals surface area (Å²) in [6.07, 6.45) is 2.29. The number of H-pyrrole nitrogens is 1. The molecule has 2 aromatic rings. The number of aromatic amines is 1. The van der Waals surface area contributed by atoms with Gasteiger partial charge >= 0.3 is 0 Å². The molecule has 3 N–H and O–H groups in total. The molecule has 0 radical (unpaired) electrons. The van der Waals surface area contributed by atoms with Crippen molar-refractivity contribution in [2.75, 3.05) is 6.54 Å². The highest BCUT2D eigenvalue weighted by atomic mass is 32.1. The van der Waals surface area contributed by atoms with Gasteiger partial charge in [0.2, 0.25) is 0 Å². The van der Waals surface area contributed by atoms with Crippen molar-refractivity contribution >= 4 is 11.3 Å². The summed E-state index contributed by atoms with van der Waals surface area (Å²) in [6, 6.07) is 0. The van der Waals surface area contributed by atoms with Crippen molar-refractivity contribution in [3.63, 3.8) is 0 Å². The number of nitrogens with one attached hydrogen (secondary N) is 1. The van der Waals surface area contributed by atoms with Gasteiger partial charge in [-0.15, -0.1) is 11.3 Å². The van der Waals surface area contributed by atoms with Crippen molar-refractivity contribution in [1.29, 1.82) is 0 Å². The Labute approximate surface area is 79.0 Å². The molecule has 0 aliphatic rings. The Bertz CT molecular complexity index is 366. The maximum Gasteiger partial charge on any atom is 0.174 e. The number of rotatable bonds is 3. The second-order valence-electron chi connectivity index (χ2n) is 2.50. The van der Waals surface area contributed by atoms with Crippen LogP contribution < -0.4 is 5.73 Å². The second kappa shape index (κ2) is 3.63. The minimum absolute atomic E-state index is 0.628. The molecule has 0 spiro atoms. The average Bonchev–Trinajstić information content (AvgIpc) is 2.70. The van der Waals surface area contributed by atoms with E-state index in [9.17, 15) is 0 Å². The zero-order valence-electron chi connectivity index (χ0n) is 6.90. The maximum absolute atomic E-state index is 5.42. The Kier molecular flexibility index (Phi) is 2.33. The quantitative estimate of drug-likeness (QED) is 0.744. The van der Waals surface area contributed by atoms with Gasteiger partial charge in [0.05, 0.1) is 5.01 Å². The standard InChI is InChI=1S/C7H9N5S/c8-2-1-6-11-5(3-13-6)7-9-4-10-12-7/h3-4H,1-2,8H2,(H,9,10,12). The Morgan fingerprint density at radius 1 is 1.54 bits per heavy atom. The molecule has 0 atom stereocenters. The van der Waals surface area contributed by atoms with E-state index in [4.69, 9.17) is 5.73 Å². The summed E-state index contributed by atoms with van der Waals surface area (Å²) in [5, 5.41) is 9.50. The van der Waals surface area contributed by atoms with E-state index in [1.165, 1.54) is 6.33 Å². The van der Waals surface area contributed by atoms with Gasteiger partial charge in [-0.3, -0.25) is 5.10 Å². The van der Waals surface area contributed by atoms with Crippen LogP contribution in [0, 0.1) is 0 Å². The smallest absolute Gasteiger partial charge is 0.174 e. The topological polar surface area (TPSA) is 80.5 Å². The van der Waals surface area contributed by atoms with Crippen LogP contribution in [0.5, 0.6) is 0 Å².